The third kappa shape index (κ3) is 5.39. The monoisotopic (exact) mass is 754 g/mol. The second-order valence-corrected chi connectivity index (χ2v) is 16.0. The number of fused-ring (bicyclic) bond motifs is 6. The first-order valence-electron chi connectivity index (χ1n) is 20.6. The average Bonchev–Trinajstić information content (AvgIpc) is 3.66. The van der Waals surface area contributed by atoms with Gasteiger partial charge < -0.3 is 4.42 Å². The minimum absolute atomic E-state index is 0.900. The molecule has 280 valence electrons. The van der Waals surface area contributed by atoms with Crippen LogP contribution in [0.1, 0.15) is 22.3 Å². The maximum atomic E-state index is 6.34. The summed E-state index contributed by atoms with van der Waals surface area (Å²) < 4.78 is 6.34. The summed E-state index contributed by atoms with van der Waals surface area (Å²) in [5.41, 5.74) is 19.6. The van der Waals surface area contributed by atoms with Gasteiger partial charge in [-0.15, -0.1) is 0 Å². The van der Waals surface area contributed by atoms with Gasteiger partial charge in [0.2, 0.25) is 0 Å². The average molecular weight is 755 g/mol. The lowest BCUT2D eigenvalue weighted by atomic mass is 9.77. The zero-order valence-corrected chi connectivity index (χ0v) is 33.7. The standard InChI is InChI=1S/C58H42O/c1-35-37(3)55(38(4)36(2)54(35)40-19-6-5-7-20-40)57-47-24-10-12-26-49(47)58(50-27-13-11-25-48(50)57)56-43(41-32-33-53-51(34-41)45-23-14-15-31-52(45)59-53)28-17-30-46(56)44-29-16-21-39-18-8-9-22-42(39)44/h5-34H,1-4H3. The summed E-state index contributed by atoms with van der Waals surface area (Å²) in [5.74, 6) is 0. The Labute approximate surface area is 344 Å². The van der Waals surface area contributed by atoms with Crippen molar-refractivity contribution in [3.63, 3.8) is 0 Å². The molecule has 0 aliphatic carbocycles. The van der Waals surface area contributed by atoms with E-state index in [9.17, 15) is 0 Å². The van der Waals surface area contributed by atoms with Crippen LogP contribution in [0.15, 0.2) is 186 Å². The van der Waals surface area contributed by atoms with Crippen molar-refractivity contribution in [1.82, 2.24) is 0 Å². The van der Waals surface area contributed by atoms with E-state index >= 15 is 0 Å². The number of rotatable bonds is 5. The molecule has 0 atom stereocenters. The molecule has 0 bridgehead atoms. The largest absolute Gasteiger partial charge is 0.456 e. The van der Waals surface area contributed by atoms with Crippen molar-refractivity contribution in [1.29, 1.82) is 0 Å². The van der Waals surface area contributed by atoms with Crippen LogP contribution in [0.5, 0.6) is 0 Å². The maximum Gasteiger partial charge on any atom is 0.135 e. The van der Waals surface area contributed by atoms with Gasteiger partial charge in [-0.3, -0.25) is 0 Å². The van der Waals surface area contributed by atoms with Gasteiger partial charge in [0.05, 0.1) is 0 Å². The molecule has 0 radical (unpaired) electrons. The summed E-state index contributed by atoms with van der Waals surface area (Å²) in [5, 5.41) is 9.73. The molecule has 0 amide bonds. The van der Waals surface area contributed by atoms with Crippen LogP contribution in [0.3, 0.4) is 0 Å². The minimum Gasteiger partial charge on any atom is -0.456 e. The highest BCUT2D eigenvalue weighted by Gasteiger charge is 2.26. The number of benzene rings is 10. The van der Waals surface area contributed by atoms with Crippen LogP contribution in [0.4, 0.5) is 0 Å². The smallest absolute Gasteiger partial charge is 0.135 e. The first-order chi connectivity index (χ1) is 29.0. The Morgan fingerprint density at radius 3 is 1.42 bits per heavy atom. The molecule has 0 aliphatic heterocycles. The Bertz CT molecular complexity index is 3380. The van der Waals surface area contributed by atoms with Gasteiger partial charge in [-0.1, -0.05) is 164 Å². The molecule has 1 heterocycles. The van der Waals surface area contributed by atoms with Gasteiger partial charge in [0, 0.05) is 10.8 Å². The SMILES string of the molecule is Cc1c(C)c(-c2c3ccccc3c(-c3c(-c4ccc5oc6ccccc6c5c4)cccc3-c3cccc4ccccc34)c3ccccc23)c(C)c(C)c1-c1ccccc1. The van der Waals surface area contributed by atoms with Crippen LogP contribution < -0.4 is 0 Å². The van der Waals surface area contributed by atoms with E-state index in [0.717, 1.165) is 27.5 Å². The van der Waals surface area contributed by atoms with Gasteiger partial charge in [0.25, 0.3) is 0 Å². The molecule has 10 aromatic carbocycles. The molecule has 0 unspecified atom stereocenters. The predicted octanol–water partition coefficient (Wildman–Crippen LogP) is 16.6. The molecular weight excluding hydrogens is 713 g/mol. The Morgan fingerprint density at radius 2 is 0.746 bits per heavy atom. The lowest BCUT2D eigenvalue weighted by molar-refractivity contribution is 0.669. The van der Waals surface area contributed by atoms with Gasteiger partial charge in [-0.05, 0) is 156 Å². The zero-order valence-electron chi connectivity index (χ0n) is 33.7. The number of hydrogen-bond donors (Lipinski definition) is 0. The minimum atomic E-state index is 0.900. The molecule has 59 heavy (non-hydrogen) atoms. The molecular formula is C58H42O. The fourth-order valence-corrected chi connectivity index (χ4v) is 10.0. The number of hydrogen-bond acceptors (Lipinski definition) is 1. The lowest BCUT2D eigenvalue weighted by Crippen LogP contribution is -2.02. The van der Waals surface area contributed by atoms with Gasteiger partial charge in [-0.25, -0.2) is 0 Å². The van der Waals surface area contributed by atoms with Crippen LogP contribution >= 0.6 is 0 Å². The van der Waals surface area contributed by atoms with Crippen molar-refractivity contribution in [3.8, 4) is 55.6 Å². The molecule has 11 rings (SSSR count). The lowest BCUT2D eigenvalue weighted by Gasteiger charge is -2.26. The van der Waals surface area contributed by atoms with Gasteiger partial charge in [0.1, 0.15) is 11.2 Å². The third-order valence-electron chi connectivity index (χ3n) is 13.0. The van der Waals surface area contributed by atoms with Crippen molar-refractivity contribution in [2.24, 2.45) is 0 Å². The Balaban J connectivity index is 1.28. The van der Waals surface area contributed by atoms with Gasteiger partial charge in [-0.2, -0.15) is 0 Å². The van der Waals surface area contributed by atoms with E-state index in [1.807, 2.05) is 6.07 Å². The molecule has 1 nitrogen and oxygen atoms in total. The second-order valence-electron chi connectivity index (χ2n) is 16.0. The van der Waals surface area contributed by atoms with Crippen molar-refractivity contribution >= 4 is 54.3 Å². The first-order valence-corrected chi connectivity index (χ1v) is 20.6. The fourth-order valence-electron chi connectivity index (χ4n) is 10.0. The van der Waals surface area contributed by atoms with Crippen molar-refractivity contribution < 1.29 is 4.42 Å². The zero-order chi connectivity index (χ0) is 39.8. The molecule has 11 aromatic rings. The molecule has 0 spiro atoms. The highest BCUT2D eigenvalue weighted by atomic mass is 16.3. The molecule has 0 N–H and O–H groups in total. The summed E-state index contributed by atoms with van der Waals surface area (Å²) in [6, 6.07) is 66.5. The number of furan rings is 1. The van der Waals surface area contributed by atoms with E-state index in [0.29, 0.717) is 0 Å². The predicted molar refractivity (Wildman–Crippen MR) is 252 cm³/mol. The summed E-state index contributed by atoms with van der Waals surface area (Å²) in [6.07, 6.45) is 0. The van der Waals surface area contributed by atoms with Crippen LogP contribution in [0.25, 0.3) is 110 Å². The molecule has 1 heteroatoms. The van der Waals surface area contributed by atoms with Gasteiger partial charge >= 0.3 is 0 Å². The van der Waals surface area contributed by atoms with Crippen molar-refractivity contribution in [2.75, 3.05) is 0 Å². The summed E-state index contributed by atoms with van der Waals surface area (Å²) >= 11 is 0. The van der Waals surface area contributed by atoms with Crippen LogP contribution in [-0.2, 0) is 0 Å². The highest BCUT2D eigenvalue weighted by Crippen LogP contribution is 2.52. The van der Waals surface area contributed by atoms with E-state index in [4.69, 9.17) is 4.42 Å². The maximum absolute atomic E-state index is 6.34. The van der Waals surface area contributed by atoms with E-state index in [1.165, 1.54) is 105 Å². The first kappa shape index (κ1) is 35.0. The highest BCUT2D eigenvalue weighted by molar-refractivity contribution is 6.25. The second kappa shape index (κ2) is 13.7. The summed E-state index contributed by atoms with van der Waals surface area (Å²) in [7, 11) is 0. The van der Waals surface area contributed by atoms with E-state index < -0.39 is 0 Å². The van der Waals surface area contributed by atoms with E-state index in [-0.39, 0.29) is 0 Å². The Hall–Kier alpha value is -7.22. The van der Waals surface area contributed by atoms with E-state index in [1.54, 1.807) is 0 Å². The van der Waals surface area contributed by atoms with Gasteiger partial charge in [0.15, 0.2) is 0 Å². The topological polar surface area (TPSA) is 13.1 Å². The summed E-state index contributed by atoms with van der Waals surface area (Å²) in [6.45, 7) is 9.26. The summed E-state index contributed by atoms with van der Waals surface area (Å²) in [4.78, 5) is 0. The van der Waals surface area contributed by atoms with Crippen LogP contribution in [-0.4, -0.2) is 0 Å². The molecule has 0 aliphatic rings. The molecule has 0 fully saturated rings. The Kier molecular flexibility index (Phi) is 8.13. The number of para-hydroxylation sites is 1. The molecule has 0 saturated heterocycles. The van der Waals surface area contributed by atoms with Crippen LogP contribution in [0, 0.1) is 27.7 Å². The fraction of sp³-hybridized carbons (Fsp3) is 0.0690. The third-order valence-corrected chi connectivity index (χ3v) is 13.0. The van der Waals surface area contributed by atoms with E-state index in [2.05, 4.69) is 204 Å². The van der Waals surface area contributed by atoms with Crippen molar-refractivity contribution in [3.05, 3.63) is 204 Å². The van der Waals surface area contributed by atoms with Crippen LogP contribution in [0.2, 0.25) is 0 Å². The Morgan fingerprint density at radius 1 is 0.271 bits per heavy atom. The van der Waals surface area contributed by atoms with Crippen molar-refractivity contribution in [2.45, 2.75) is 27.7 Å². The normalized spacial score (nSPS) is 11.7. The molecule has 1 aromatic heterocycles. The molecule has 0 saturated carbocycles. The quantitative estimate of drug-likeness (QED) is 0.160.